The van der Waals surface area contributed by atoms with Crippen molar-refractivity contribution in [3.63, 3.8) is 0 Å². The highest BCUT2D eigenvalue weighted by molar-refractivity contribution is 6.35. The van der Waals surface area contributed by atoms with Crippen LogP contribution in [-0.4, -0.2) is 29.4 Å². The van der Waals surface area contributed by atoms with Crippen molar-refractivity contribution < 1.29 is 23.9 Å². The van der Waals surface area contributed by atoms with Crippen molar-refractivity contribution in [2.45, 2.75) is 6.92 Å². The monoisotopic (exact) mass is 295 g/mol. The third-order valence-corrected chi connectivity index (χ3v) is 3.31. The van der Waals surface area contributed by atoms with Crippen LogP contribution >= 0.6 is 11.6 Å². The van der Waals surface area contributed by atoms with Crippen LogP contribution in [0.15, 0.2) is 16.7 Å². The Morgan fingerprint density at radius 2 is 2.10 bits per heavy atom. The quantitative estimate of drug-likeness (QED) is 0.917. The van der Waals surface area contributed by atoms with Gasteiger partial charge in [-0.1, -0.05) is 16.8 Å². The summed E-state index contributed by atoms with van der Waals surface area (Å²) in [5.74, 6) is -0.414. The van der Waals surface area contributed by atoms with Gasteiger partial charge in [-0.15, -0.1) is 0 Å². The number of carboxylic acid groups (broad SMARTS) is 1. The van der Waals surface area contributed by atoms with Crippen LogP contribution in [0.1, 0.15) is 16.1 Å². The molecule has 1 aromatic heterocycles. The Kier molecular flexibility index (Phi) is 3.02. The predicted molar refractivity (Wildman–Crippen MR) is 69.6 cm³/mol. The minimum absolute atomic E-state index is 0.245. The molecule has 2 heterocycles. The van der Waals surface area contributed by atoms with E-state index < -0.39 is 5.97 Å². The number of aryl methyl sites for hydroxylation is 1. The van der Waals surface area contributed by atoms with Gasteiger partial charge in [-0.05, 0) is 18.6 Å². The van der Waals surface area contributed by atoms with E-state index in [9.17, 15) is 4.79 Å². The third-order valence-electron chi connectivity index (χ3n) is 2.95. The maximum absolute atomic E-state index is 10.8. The van der Waals surface area contributed by atoms with E-state index in [-0.39, 0.29) is 5.76 Å². The lowest BCUT2D eigenvalue weighted by Gasteiger charge is -2.21. The van der Waals surface area contributed by atoms with Crippen LogP contribution in [0.5, 0.6) is 11.5 Å². The van der Waals surface area contributed by atoms with Gasteiger partial charge in [0.25, 0.3) is 0 Å². The molecule has 20 heavy (non-hydrogen) atoms. The molecule has 0 radical (unpaired) electrons. The number of rotatable bonds is 2. The molecule has 1 aromatic carbocycles. The molecule has 6 nitrogen and oxygen atoms in total. The van der Waals surface area contributed by atoms with Crippen molar-refractivity contribution >= 4 is 17.6 Å². The second-order valence-corrected chi connectivity index (χ2v) is 4.67. The Morgan fingerprint density at radius 1 is 1.35 bits per heavy atom. The van der Waals surface area contributed by atoms with Crippen LogP contribution in [0.3, 0.4) is 0 Å². The van der Waals surface area contributed by atoms with Crippen molar-refractivity contribution in [1.82, 2.24) is 5.16 Å². The van der Waals surface area contributed by atoms with Gasteiger partial charge in [-0.2, -0.15) is 0 Å². The van der Waals surface area contributed by atoms with E-state index in [1.165, 1.54) is 6.07 Å². The standard InChI is InChI=1S/C13H10ClNO5/c1-6-4-8-12(19-3-2-18-8)11(14)10(6)7-5-9(13(16)17)20-15-7/h4-5H,2-3H2,1H3,(H,16,17). The molecule has 1 aliphatic heterocycles. The fourth-order valence-corrected chi connectivity index (χ4v) is 2.47. The first kappa shape index (κ1) is 12.8. The summed E-state index contributed by atoms with van der Waals surface area (Å²) in [6.07, 6.45) is 0. The maximum atomic E-state index is 10.8. The molecular weight excluding hydrogens is 286 g/mol. The summed E-state index contributed by atoms with van der Waals surface area (Å²) in [6.45, 7) is 2.71. The average molecular weight is 296 g/mol. The highest BCUT2D eigenvalue weighted by atomic mass is 35.5. The van der Waals surface area contributed by atoms with Gasteiger partial charge < -0.3 is 19.1 Å². The van der Waals surface area contributed by atoms with E-state index >= 15 is 0 Å². The summed E-state index contributed by atoms with van der Waals surface area (Å²) >= 11 is 6.32. The number of hydrogen-bond donors (Lipinski definition) is 1. The lowest BCUT2D eigenvalue weighted by molar-refractivity contribution is 0.0652. The zero-order chi connectivity index (χ0) is 14.3. The van der Waals surface area contributed by atoms with Crippen LogP contribution < -0.4 is 9.47 Å². The van der Waals surface area contributed by atoms with Crippen molar-refractivity contribution in [2.75, 3.05) is 13.2 Å². The van der Waals surface area contributed by atoms with Crippen LogP contribution in [0.25, 0.3) is 11.3 Å². The zero-order valence-electron chi connectivity index (χ0n) is 10.5. The Morgan fingerprint density at radius 3 is 2.80 bits per heavy atom. The number of aromatic nitrogens is 1. The predicted octanol–water partition coefficient (Wildman–Crippen LogP) is 2.77. The number of carbonyl (C=O) groups is 1. The molecule has 7 heteroatoms. The van der Waals surface area contributed by atoms with E-state index in [1.807, 2.05) is 6.92 Å². The number of carboxylic acids is 1. The van der Waals surface area contributed by atoms with Crippen LogP contribution in [-0.2, 0) is 0 Å². The molecule has 0 atom stereocenters. The summed E-state index contributed by atoms with van der Waals surface area (Å²) in [6, 6.07) is 3.11. The number of fused-ring (bicyclic) bond motifs is 1. The summed E-state index contributed by atoms with van der Waals surface area (Å²) < 4.78 is 15.7. The molecule has 0 unspecified atom stereocenters. The van der Waals surface area contributed by atoms with Gasteiger partial charge in [0.05, 0.1) is 5.02 Å². The van der Waals surface area contributed by atoms with E-state index in [4.69, 9.17) is 30.7 Å². The number of aromatic carboxylic acids is 1. The second-order valence-electron chi connectivity index (χ2n) is 4.29. The summed E-state index contributed by atoms with van der Waals surface area (Å²) in [5, 5.41) is 12.9. The van der Waals surface area contributed by atoms with Gasteiger partial charge in [-0.3, -0.25) is 0 Å². The van der Waals surface area contributed by atoms with Crippen molar-refractivity contribution in [3.8, 4) is 22.8 Å². The SMILES string of the molecule is Cc1cc2c(c(Cl)c1-c1cc(C(=O)O)on1)OCCO2. The van der Waals surface area contributed by atoms with Crippen LogP contribution in [0, 0.1) is 6.92 Å². The molecular formula is C13H10ClNO5. The number of benzene rings is 1. The van der Waals surface area contributed by atoms with Gasteiger partial charge in [-0.25, -0.2) is 4.79 Å². The number of hydrogen-bond acceptors (Lipinski definition) is 5. The van der Waals surface area contributed by atoms with Crippen molar-refractivity contribution in [1.29, 1.82) is 0 Å². The molecule has 0 aliphatic carbocycles. The second kappa shape index (κ2) is 4.72. The molecule has 2 aromatic rings. The Balaban J connectivity index is 2.15. The number of halogens is 1. The zero-order valence-corrected chi connectivity index (χ0v) is 11.2. The molecule has 1 N–H and O–H groups in total. The van der Waals surface area contributed by atoms with Gasteiger partial charge >= 0.3 is 5.97 Å². The van der Waals surface area contributed by atoms with E-state index in [0.717, 1.165) is 5.56 Å². The number of ether oxygens (including phenoxy) is 2. The summed E-state index contributed by atoms with van der Waals surface area (Å²) in [5.41, 5.74) is 1.72. The van der Waals surface area contributed by atoms with Gasteiger partial charge in [0.1, 0.15) is 18.9 Å². The molecule has 0 spiro atoms. The molecule has 0 bridgehead atoms. The minimum Gasteiger partial charge on any atom is -0.486 e. The normalized spacial score (nSPS) is 13.3. The fourth-order valence-electron chi connectivity index (χ4n) is 2.07. The molecule has 0 fully saturated rings. The fraction of sp³-hybridized carbons (Fsp3) is 0.231. The minimum atomic E-state index is -1.19. The number of nitrogens with zero attached hydrogens (tertiary/aromatic N) is 1. The first-order chi connectivity index (χ1) is 9.58. The Labute approximate surface area is 118 Å². The topological polar surface area (TPSA) is 81.8 Å². The van der Waals surface area contributed by atoms with Crippen molar-refractivity contribution in [2.24, 2.45) is 0 Å². The average Bonchev–Trinajstić information content (AvgIpc) is 2.88. The molecule has 0 amide bonds. The highest BCUT2D eigenvalue weighted by Crippen LogP contribution is 2.45. The Hall–Kier alpha value is -2.21. The highest BCUT2D eigenvalue weighted by Gasteiger charge is 2.24. The van der Waals surface area contributed by atoms with E-state index in [2.05, 4.69) is 5.16 Å². The van der Waals surface area contributed by atoms with Gasteiger partial charge in [0.15, 0.2) is 11.5 Å². The first-order valence-electron chi connectivity index (χ1n) is 5.87. The van der Waals surface area contributed by atoms with Gasteiger partial charge in [0, 0.05) is 11.6 Å². The van der Waals surface area contributed by atoms with Gasteiger partial charge in [0.2, 0.25) is 5.76 Å². The van der Waals surface area contributed by atoms with Crippen LogP contribution in [0.2, 0.25) is 5.02 Å². The van der Waals surface area contributed by atoms with Crippen molar-refractivity contribution in [3.05, 3.63) is 28.5 Å². The van der Waals surface area contributed by atoms with E-state index in [0.29, 0.717) is 41.0 Å². The van der Waals surface area contributed by atoms with Crippen LogP contribution in [0.4, 0.5) is 0 Å². The smallest absolute Gasteiger partial charge is 0.374 e. The molecule has 1 aliphatic rings. The third kappa shape index (κ3) is 1.98. The largest absolute Gasteiger partial charge is 0.486 e. The summed E-state index contributed by atoms with van der Waals surface area (Å²) in [4.78, 5) is 10.8. The molecule has 3 rings (SSSR count). The molecule has 104 valence electrons. The molecule has 0 saturated heterocycles. The maximum Gasteiger partial charge on any atom is 0.374 e. The lowest BCUT2D eigenvalue weighted by atomic mass is 10.0. The summed E-state index contributed by atoms with van der Waals surface area (Å²) in [7, 11) is 0. The Bertz CT molecular complexity index is 694. The first-order valence-corrected chi connectivity index (χ1v) is 6.25. The van der Waals surface area contributed by atoms with E-state index in [1.54, 1.807) is 6.07 Å². The molecule has 0 saturated carbocycles. The lowest BCUT2D eigenvalue weighted by Crippen LogP contribution is -2.16.